The van der Waals surface area contributed by atoms with Gasteiger partial charge in [-0.25, -0.2) is 8.78 Å². The Balaban J connectivity index is 2.67. The number of rotatable bonds is 8. The van der Waals surface area contributed by atoms with Crippen LogP contribution < -0.4 is 5.32 Å². The van der Waals surface area contributed by atoms with Crippen molar-refractivity contribution in [3.8, 4) is 0 Å². The van der Waals surface area contributed by atoms with Crippen molar-refractivity contribution >= 4 is 15.9 Å². The van der Waals surface area contributed by atoms with Crippen LogP contribution in [0.4, 0.5) is 8.78 Å². The molecule has 0 spiro atoms. The van der Waals surface area contributed by atoms with Crippen LogP contribution in [0.3, 0.4) is 0 Å². The molecule has 1 unspecified atom stereocenters. The third-order valence-electron chi connectivity index (χ3n) is 3.14. The SMILES string of the molecule is C=CCCCCCC(NC)c1c(F)cc(Br)cc1F. The lowest BCUT2D eigenvalue weighted by atomic mass is 9.99. The van der Waals surface area contributed by atoms with Crippen LogP contribution in [0.5, 0.6) is 0 Å². The van der Waals surface area contributed by atoms with Crippen LogP contribution in [-0.4, -0.2) is 7.05 Å². The van der Waals surface area contributed by atoms with Crippen LogP contribution in [-0.2, 0) is 0 Å². The quantitative estimate of drug-likeness (QED) is 0.514. The van der Waals surface area contributed by atoms with E-state index < -0.39 is 11.6 Å². The van der Waals surface area contributed by atoms with E-state index in [9.17, 15) is 8.78 Å². The lowest BCUT2D eigenvalue weighted by molar-refractivity contribution is 0.453. The van der Waals surface area contributed by atoms with Gasteiger partial charge in [-0.15, -0.1) is 6.58 Å². The minimum Gasteiger partial charge on any atom is -0.313 e. The molecular formula is C15H20BrF2N. The summed E-state index contributed by atoms with van der Waals surface area (Å²) < 4.78 is 28.1. The molecule has 4 heteroatoms. The van der Waals surface area contributed by atoms with E-state index in [2.05, 4.69) is 27.8 Å². The Morgan fingerprint density at radius 1 is 1.26 bits per heavy atom. The molecule has 0 aliphatic carbocycles. The Morgan fingerprint density at radius 2 is 1.89 bits per heavy atom. The molecule has 0 saturated carbocycles. The smallest absolute Gasteiger partial charge is 0.132 e. The van der Waals surface area contributed by atoms with Gasteiger partial charge in [0.05, 0.1) is 0 Å². The number of hydrogen-bond acceptors (Lipinski definition) is 1. The monoisotopic (exact) mass is 331 g/mol. The van der Waals surface area contributed by atoms with E-state index in [-0.39, 0.29) is 11.6 Å². The summed E-state index contributed by atoms with van der Waals surface area (Å²) in [6.45, 7) is 3.67. The zero-order valence-electron chi connectivity index (χ0n) is 11.2. The molecule has 1 N–H and O–H groups in total. The largest absolute Gasteiger partial charge is 0.313 e. The number of unbranched alkanes of at least 4 members (excludes halogenated alkanes) is 3. The molecule has 1 rings (SSSR count). The fourth-order valence-corrected chi connectivity index (χ4v) is 2.54. The first-order valence-corrected chi connectivity index (χ1v) is 7.32. The zero-order chi connectivity index (χ0) is 14.3. The number of benzene rings is 1. The minimum absolute atomic E-state index is 0.134. The van der Waals surface area contributed by atoms with Gasteiger partial charge in [0.2, 0.25) is 0 Å². The Labute approximate surface area is 122 Å². The van der Waals surface area contributed by atoms with Crippen molar-refractivity contribution < 1.29 is 8.78 Å². The van der Waals surface area contributed by atoms with Crippen LogP contribution in [0.2, 0.25) is 0 Å². The number of hydrogen-bond donors (Lipinski definition) is 1. The highest BCUT2D eigenvalue weighted by Gasteiger charge is 2.19. The lowest BCUT2D eigenvalue weighted by Crippen LogP contribution is -2.19. The normalized spacial score (nSPS) is 12.4. The van der Waals surface area contributed by atoms with Gasteiger partial charge in [-0.2, -0.15) is 0 Å². The topological polar surface area (TPSA) is 12.0 Å². The van der Waals surface area contributed by atoms with Crippen molar-refractivity contribution in [2.24, 2.45) is 0 Å². The van der Waals surface area contributed by atoms with Gasteiger partial charge in [0.1, 0.15) is 11.6 Å². The van der Waals surface area contributed by atoms with E-state index in [0.717, 1.165) is 32.1 Å². The van der Waals surface area contributed by atoms with Crippen molar-refractivity contribution in [1.82, 2.24) is 5.32 Å². The Morgan fingerprint density at radius 3 is 2.42 bits per heavy atom. The summed E-state index contributed by atoms with van der Waals surface area (Å²) in [6, 6.07) is 2.33. The molecule has 1 atom stereocenters. The Hall–Kier alpha value is -0.740. The van der Waals surface area contributed by atoms with Crippen LogP contribution in [0.15, 0.2) is 29.3 Å². The van der Waals surface area contributed by atoms with Crippen molar-refractivity contribution in [1.29, 1.82) is 0 Å². The van der Waals surface area contributed by atoms with E-state index in [0.29, 0.717) is 4.47 Å². The molecule has 0 heterocycles. The van der Waals surface area contributed by atoms with Crippen molar-refractivity contribution in [3.05, 3.63) is 46.5 Å². The third kappa shape index (κ3) is 5.03. The highest BCUT2D eigenvalue weighted by Crippen LogP contribution is 2.28. The molecule has 19 heavy (non-hydrogen) atoms. The van der Waals surface area contributed by atoms with E-state index in [1.807, 2.05) is 6.08 Å². The molecule has 0 saturated heterocycles. The first kappa shape index (κ1) is 16.3. The molecular weight excluding hydrogens is 312 g/mol. The molecule has 0 aliphatic heterocycles. The van der Waals surface area contributed by atoms with Gasteiger partial charge in [0, 0.05) is 16.1 Å². The van der Waals surface area contributed by atoms with Gasteiger partial charge < -0.3 is 5.32 Å². The Bertz CT molecular complexity index is 398. The molecule has 0 aliphatic rings. The number of nitrogens with one attached hydrogen (secondary N) is 1. The summed E-state index contributed by atoms with van der Waals surface area (Å²) in [5.74, 6) is -1.00. The summed E-state index contributed by atoms with van der Waals surface area (Å²) in [6.07, 6.45) is 6.67. The van der Waals surface area contributed by atoms with Crippen LogP contribution in [0.25, 0.3) is 0 Å². The van der Waals surface area contributed by atoms with Crippen LogP contribution >= 0.6 is 15.9 Å². The summed E-state index contributed by atoms with van der Waals surface area (Å²) in [7, 11) is 1.73. The van der Waals surface area contributed by atoms with Crippen molar-refractivity contribution in [2.75, 3.05) is 7.05 Å². The predicted octanol–water partition coefficient (Wildman–Crippen LogP) is 5.12. The second-order valence-corrected chi connectivity index (χ2v) is 5.47. The maximum atomic E-state index is 13.9. The van der Waals surface area contributed by atoms with Gasteiger partial charge in [-0.1, -0.05) is 34.8 Å². The highest BCUT2D eigenvalue weighted by atomic mass is 79.9. The first-order valence-electron chi connectivity index (χ1n) is 6.52. The maximum absolute atomic E-state index is 13.9. The van der Waals surface area contributed by atoms with Crippen LogP contribution in [0.1, 0.15) is 43.7 Å². The maximum Gasteiger partial charge on any atom is 0.132 e. The summed E-state index contributed by atoms with van der Waals surface area (Å²) >= 11 is 3.09. The standard InChI is InChI=1S/C15H20BrF2N/c1-3-4-5-6-7-8-14(19-2)15-12(17)9-11(16)10-13(15)18/h3,9-10,14,19H,1,4-8H2,2H3. The number of halogens is 3. The van der Waals surface area contributed by atoms with Gasteiger partial charge >= 0.3 is 0 Å². The van der Waals surface area contributed by atoms with Crippen molar-refractivity contribution in [2.45, 2.75) is 38.1 Å². The average molecular weight is 332 g/mol. The third-order valence-corrected chi connectivity index (χ3v) is 3.60. The fraction of sp³-hybridized carbons (Fsp3) is 0.467. The van der Waals surface area contributed by atoms with Crippen molar-refractivity contribution in [3.63, 3.8) is 0 Å². The first-order chi connectivity index (χ1) is 9.10. The molecule has 0 radical (unpaired) electrons. The van der Waals surface area contributed by atoms with Gasteiger partial charge in [0.25, 0.3) is 0 Å². The fourth-order valence-electron chi connectivity index (χ4n) is 2.13. The van der Waals surface area contributed by atoms with Gasteiger partial charge in [-0.05, 0) is 38.4 Å². The summed E-state index contributed by atoms with van der Waals surface area (Å²) in [5.41, 5.74) is 0.134. The van der Waals surface area contributed by atoms with Crippen LogP contribution in [0, 0.1) is 11.6 Å². The lowest BCUT2D eigenvalue weighted by Gasteiger charge is -2.18. The molecule has 0 fully saturated rings. The molecule has 106 valence electrons. The van der Waals surface area contributed by atoms with E-state index >= 15 is 0 Å². The molecule has 0 bridgehead atoms. The zero-order valence-corrected chi connectivity index (χ0v) is 12.8. The van der Waals surface area contributed by atoms with E-state index in [4.69, 9.17) is 0 Å². The summed E-state index contributed by atoms with van der Waals surface area (Å²) in [5, 5.41) is 2.99. The molecule has 1 aromatic carbocycles. The highest BCUT2D eigenvalue weighted by molar-refractivity contribution is 9.10. The van der Waals surface area contributed by atoms with E-state index in [1.165, 1.54) is 12.1 Å². The second kappa shape index (κ2) is 8.43. The molecule has 0 aromatic heterocycles. The average Bonchev–Trinajstić information content (AvgIpc) is 2.35. The van der Waals surface area contributed by atoms with Gasteiger partial charge in [0.15, 0.2) is 0 Å². The molecule has 1 nitrogen and oxygen atoms in total. The second-order valence-electron chi connectivity index (χ2n) is 4.55. The molecule has 0 amide bonds. The van der Waals surface area contributed by atoms with E-state index in [1.54, 1.807) is 7.05 Å². The van der Waals surface area contributed by atoms with Gasteiger partial charge in [-0.3, -0.25) is 0 Å². The minimum atomic E-state index is -0.502. The number of allylic oxidation sites excluding steroid dienone is 1. The predicted molar refractivity (Wildman–Crippen MR) is 79.1 cm³/mol. The Kier molecular flexibility index (Phi) is 7.24. The molecule has 1 aromatic rings. The summed E-state index contributed by atoms with van der Waals surface area (Å²) in [4.78, 5) is 0.